The van der Waals surface area contributed by atoms with Crippen LogP contribution >= 0.6 is 12.4 Å². The van der Waals surface area contributed by atoms with E-state index in [1.165, 1.54) is 0 Å². The van der Waals surface area contributed by atoms with Crippen molar-refractivity contribution in [3.05, 3.63) is 18.0 Å². The van der Waals surface area contributed by atoms with E-state index in [0.717, 1.165) is 26.2 Å². The summed E-state index contributed by atoms with van der Waals surface area (Å²) in [5.41, 5.74) is 0.601. The summed E-state index contributed by atoms with van der Waals surface area (Å²) in [5.74, 6) is 0.0852. The maximum atomic E-state index is 12.2. The quantitative estimate of drug-likeness (QED) is 0.833. The molecule has 1 N–H and O–H groups in total. The highest BCUT2D eigenvalue weighted by atomic mass is 35.5. The Kier molecular flexibility index (Phi) is 4.76. The van der Waals surface area contributed by atoms with Crippen molar-refractivity contribution in [1.29, 1.82) is 0 Å². The maximum Gasteiger partial charge on any atom is 0.257 e. The Morgan fingerprint density at radius 1 is 1.33 bits per heavy atom. The number of nitrogens with one attached hydrogen (secondary N) is 1. The average molecular weight is 273 g/mol. The lowest BCUT2D eigenvalue weighted by atomic mass is 10.1. The second-order valence-corrected chi connectivity index (χ2v) is 5.39. The molecule has 0 saturated carbocycles. The summed E-state index contributed by atoms with van der Waals surface area (Å²) in [7, 11) is 0. The van der Waals surface area contributed by atoms with Crippen LogP contribution in [0.4, 0.5) is 0 Å². The minimum absolute atomic E-state index is 0. The van der Waals surface area contributed by atoms with Crippen LogP contribution in [0.25, 0.3) is 0 Å². The van der Waals surface area contributed by atoms with Gasteiger partial charge < -0.3 is 10.2 Å². The van der Waals surface area contributed by atoms with Crippen LogP contribution in [0.1, 0.15) is 31.1 Å². The summed E-state index contributed by atoms with van der Waals surface area (Å²) in [6, 6.07) is 0. The standard InChI is InChI=1S/C12H20N4O.ClH/c1-12(2,3)16-9-10(8-14-16)11(17)15-6-4-13-5-7-15;/h8-9,13H,4-7H2,1-3H3;1H. The van der Waals surface area contributed by atoms with Crippen LogP contribution in [0.3, 0.4) is 0 Å². The van der Waals surface area contributed by atoms with Crippen LogP contribution in [0, 0.1) is 0 Å². The van der Waals surface area contributed by atoms with E-state index < -0.39 is 0 Å². The van der Waals surface area contributed by atoms with Gasteiger partial charge in [-0.15, -0.1) is 12.4 Å². The fraction of sp³-hybridized carbons (Fsp3) is 0.667. The molecule has 0 radical (unpaired) electrons. The van der Waals surface area contributed by atoms with Gasteiger partial charge in [-0.25, -0.2) is 0 Å². The number of amides is 1. The van der Waals surface area contributed by atoms with E-state index >= 15 is 0 Å². The van der Waals surface area contributed by atoms with E-state index in [1.54, 1.807) is 6.20 Å². The molecule has 2 heterocycles. The molecule has 0 bridgehead atoms. The molecular weight excluding hydrogens is 252 g/mol. The number of aromatic nitrogens is 2. The van der Waals surface area contributed by atoms with Crippen molar-refractivity contribution in [1.82, 2.24) is 20.0 Å². The molecule has 5 nitrogen and oxygen atoms in total. The third kappa shape index (κ3) is 3.23. The molecule has 0 aromatic carbocycles. The zero-order chi connectivity index (χ0) is 12.5. The Hall–Kier alpha value is -1.07. The van der Waals surface area contributed by atoms with Crippen molar-refractivity contribution in [3.63, 3.8) is 0 Å². The van der Waals surface area contributed by atoms with Crippen molar-refractivity contribution in [3.8, 4) is 0 Å². The number of piperazine rings is 1. The zero-order valence-corrected chi connectivity index (χ0v) is 12.0. The fourth-order valence-electron chi connectivity index (χ4n) is 1.85. The van der Waals surface area contributed by atoms with Gasteiger partial charge in [0.1, 0.15) is 0 Å². The number of carbonyl (C=O) groups is 1. The third-order valence-corrected chi connectivity index (χ3v) is 2.92. The SMILES string of the molecule is CC(C)(C)n1cc(C(=O)N2CCNCC2)cn1.Cl. The Labute approximate surface area is 114 Å². The fourth-order valence-corrected chi connectivity index (χ4v) is 1.85. The van der Waals surface area contributed by atoms with Crippen LogP contribution in [-0.2, 0) is 5.54 Å². The molecule has 2 rings (SSSR count). The molecule has 1 aliphatic heterocycles. The highest BCUT2D eigenvalue weighted by Gasteiger charge is 2.21. The lowest BCUT2D eigenvalue weighted by molar-refractivity contribution is 0.0735. The van der Waals surface area contributed by atoms with Gasteiger partial charge in [-0.2, -0.15) is 5.10 Å². The molecule has 0 unspecified atom stereocenters. The van der Waals surface area contributed by atoms with Crippen LogP contribution in [0.15, 0.2) is 12.4 Å². The molecule has 1 saturated heterocycles. The van der Waals surface area contributed by atoms with Crippen LogP contribution in [0.2, 0.25) is 0 Å². The Balaban J connectivity index is 0.00000162. The molecule has 1 aromatic heterocycles. The molecule has 102 valence electrons. The smallest absolute Gasteiger partial charge is 0.257 e. The Bertz CT molecular complexity index is 404. The maximum absolute atomic E-state index is 12.2. The Morgan fingerprint density at radius 2 is 1.94 bits per heavy atom. The minimum atomic E-state index is -0.0814. The highest BCUT2D eigenvalue weighted by Crippen LogP contribution is 2.14. The van der Waals surface area contributed by atoms with Crippen molar-refractivity contribution >= 4 is 18.3 Å². The molecule has 0 aliphatic carbocycles. The number of hydrogen-bond acceptors (Lipinski definition) is 3. The first kappa shape index (κ1) is 15.0. The van der Waals surface area contributed by atoms with Gasteiger partial charge in [-0.3, -0.25) is 9.48 Å². The van der Waals surface area contributed by atoms with E-state index in [2.05, 4.69) is 31.2 Å². The molecule has 1 fully saturated rings. The lowest BCUT2D eigenvalue weighted by Gasteiger charge is -2.27. The minimum Gasteiger partial charge on any atom is -0.336 e. The highest BCUT2D eigenvalue weighted by molar-refractivity contribution is 5.93. The first-order valence-corrected chi connectivity index (χ1v) is 6.03. The van der Waals surface area contributed by atoms with Gasteiger partial charge in [-0.05, 0) is 20.8 Å². The summed E-state index contributed by atoms with van der Waals surface area (Å²) < 4.78 is 1.84. The van der Waals surface area contributed by atoms with Gasteiger partial charge in [0.15, 0.2) is 0 Å². The molecule has 1 aromatic rings. The summed E-state index contributed by atoms with van der Waals surface area (Å²) in [5, 5.41) is 7.49. The van der Waals surface area contributed by atoms with Gasteiger partial charge in [-0.1, -0.05) is 0 Å². The van der Waals surface area contributed by atoms with Gasteiger partial charge in [0.25, 0.3) is 5.91 Å². The molecular formula is C12H21ClN4O. The largest absolute Gasteiger partial charge is 0.336 e. The first-order chi connectivity index (χ1) is 7.98. The van der Waals surface area contributed by atoms with Crippen LogP contribution in [-0.4, -0.2) is 46.8 Å². The average Bonchev–Trinajstić information content (AvgIpc) is 2.78. The monoisotopic (exact) mass is 272 g/mol. The zero-order valence-electron chi connectivity index (χ0n) is 11.1. The lowest BCUT2D eigenvalue weighted by Crippen LogP contribution is -2.46. The van der Waals surface area contributed by atoms with Gasteiger partial charge in [0.2, 0.25) is 0 Å². The molecule has 1 aliphatic rings. The van der Waals surface area contributed by atoms with E-state index in [-0.39, 0.29) is 23.9 Å². The van der Waals surface area contributed by atoms with Crippen LogP contribution in [0.5, 0.6) is 0 Å². The van der Waals surface area contributed by atoms with E-state index in [4.69, 9.17) is 0 Å². The summed E-state index contributed by atoms with van der Waals surface area (Å²) in [6.07, 6.45) is 3.50. The summed E-state index contributed by atoms with van der Waals surface area (Å²) >= 11 is 0. The second kappa shape index (κ2) is 5.71. The molecule has 0 atom stereocenters. The number of nitrogens with zero attached hydrogens (tertiary/aromatic N) is 3. The van der Waals surface area contributed by atoms with Crippen molar-refractivity contribution in [2.75, 3.05) is 26.2 Å². The van der Waals surface area contributed by atoms with Crippen LogP contribution < -0.4 is 5.32 Å². The van der Waals surface area contributed by atoms with E-state index in [1.807, 2.05) is 15.8 Å². The van der Waals surface area contributed by atoms with Gasteiger partial charge in [0, 0.05) is 32.4 Å². The van der Waals surface area contributed by atoms with Gasteiger partial charge >= 0.3 is 0 Å². The van der Waals surface area contributed by atoms with Crippen molar-refractivity contribution in [2.24, 2.45) is 0 Å². The normalized spacial score (nSPS) is 16.3. The molecule has 1 amide bonds. The topological polar surface area (TPSA) is 50.2 Å². The van der Waals surface area contributed by atoms with E-state index in [9.17, 15) is 4.79 Å². The third-order valence-electron chi connectivity index (χ3n) is 2.92. The first-order valence-electron chi connectivity index (χ1n) is 6.03. The molecule has 18 heavy (non-hydrogen) atoms. The number of rotatable bonds is 1. The van der Waals surface area contributed by atoms with Crippen molar-refractivity contribution in [2.45, 2.75) is 26.3 Å². The predicted octanol–water partition coefficient (Wildman–Crippen LogP) is 1.11. The second-order valence-electron chi connectivity index (χ2n) is 5.39. The number of hydrogen-bond donors (Lipinski definition) is 1. The molecule has 0 spiro atoms. The van der Waals surface area contributed by atoms with E-state index in [0.29, 0.717) is 5.56 Å². The number of halogens is 1. The Morgan fingerprint density at radius 3 is 2.44 bits per heavy atom. The summed E-state index contributed by atoms with van der Waals surface area (Å²) in [4.78, 5) is 14.1. The van der Waals surface area contributed by atoms with Crippen molar-refractivity contribution < 1.29 is 4.79 Å². The number of carbonyl (C=O) groups excluding carboxylic acids is 1. The summed E-state index contributed by atoms with van der Waals surface area (Å²) in [6.45, 7) is 9.51. The van der Waals surface area contributed by atoms with Gasteiger partial charge in [0.05, 0.1) is 17.3 Å². The predicted molar refractivity (Wildman–Crippen MR) is 73.2 cm³/mol. The molecule has 6 heteroatoms.